The molecule has 0 aromatic heterocycles. The van der Waals surface area contributed by atoms with Gasteiger partial charge in [0, 0.05) is 73.8 Å². The second-order valence-corrected chi connectivity index (χ2v) is 16.4. The summed E-state index contributed by atoms with van der Waals surface area (Å²) in [5, 5.41) is 0. The van der Waals surface area contributed by atoms with Crippen LogP contribution < -0.4 is 0 Å². The van der Waals surface area contributed by atoms with E-state index < -0.39 is 6.06 Å². The summed E-state index contributed by atoms with van der Waals surface area (Å²) in [6.45, 7) is 7.88. The maximum Gasteiger partial charge on any atom is 0.359 e. The van der Waals surface area contributed by atoms with Gasteiger partial charge in [0.2, 0.25) is 0 Å². The van der Waals surface area contributed by atoms with Gasteiger partial charge in [-0.3, -0.25) is 13.7 Å². The van der Waals surface area contributed by atoms with E-state index in [-0.39, 0.29) is 0 Å². The molecule has 3 fully saturated rings. The van der Waals surface area contributed by atoms with E-state index in [0.717, 1.165) is 0 Å². The summed E-state index contributed by atoms with van der Waals surface area (Å²) in [6, 6.07) is -1.62. The van der Waals surface area contributed by atoms with Crippen molar-refractivity contribution in [3.63, 3.8) is 0 Å². The summed E-state index contributed by atoms with van der Waals surface area (Å²) < 4.78 is 8.70. The average molecular weight is 462 g/mol. The molecule has 3 aliphatic rings. The van der Waals surface area contributed by atoms with E-state index in [2.05, 4.69) is 70.8 Å². The van der Waals surface area contributed by atoms with Crippen LogP contribution in [0.3, 0.4) is 0 Å². The molecule has 0 amide bonds. The van der Waals surface area contributed by atoms with Crippen LogP contribution in [-0.4, -0.2) is 93.5 Å². The highest BCUT2D eigenvalue weighted by Crippen LogP contribution is 2.33. The molecule has 116 valence electrons. The standard InChI is InChI=1S/C12H24IN3S3Si/c13-20(14-1-7-17-8-2-14,15-3-9-18-10-4-15)16-5-11-19-12-6-16/h1-12H2. The van der Waals surface area contributed by atoms with E-state index in [1.807, 2.05) is 0 Å². The zero-order chi connectivity index (χ0) is 13.8. The third kappa shape index (κ3) is 3.68. The Balaban J connectivity index is 1.79. The molecule has 0 aliphatic carbocycles. The van der Waals surface area contributed by atoms with Crippen molar-refractivity contribution in [2.24, 2.45) is 0 Å². The van der Waals surface area contributed by atoms with Crippen molar-refractivity contribution in [2.45, 2.75) is 0 Å². The molecule has 0 atom stereocenters. The fraction of sp³-hybridized carbons (Fsp3) is 1.00. The first-order chi connectivity index (χ1) is 9.82. The van der Waals surface area contributed by atoms with E-state index in [1.54, 1.807) is 0 Å². The van der Waals surface area contributed by atoms with Crippen molar-refractivity contribution >= 4 is 63.1 Å². The molecule has 0 aromatic carbocycles. The van der Waals surface area contributed by atoms with Crippen LogP contribution >= 0.6 is 57.1 Å². The zero-order valence-corrected chi connectivity index (χ0v) is 17.5. The lowest BCUT2D eigenvalue weighted by Gasteiger charge is -2.53. The molecule has 0 bridgehead atoms. The Labute approximate surface area is 149 Å². The predicted molar refractivity (Wildman–Crippen MR) is 106 cm³/mol. The second kappa shape index (κ2) is 8.12. The SMILES string of the molecule is I[Si](N1CCSCC1)(N1CCSCC1)N1CCSCC1. The van der Waals surface area contributed by atoms with Crippen LogP contribution in [0.5, 0.6) is 0 Å². The van der Waals surface area contributed by atoms with Crippen molar-refractivity contribution in [1.82, 2.24) is 13.7 Å². The Morgan fingerprint density at radius 2 is 0.800 bits per heavy atom. The van der Waals surface area contributed by atoms with Crippen molar-refractivity contribution in [3.8, 4) is 0 Å². The maximum atomic E-state index is 2.92. The Kier molecular flexibility index (Phi) is 6.79. The molecule has 3 heterocycles. The Morgan fingerprint density at radius 1 is 0.550 bits per heavy atom. The smallest absolute Gasteiger partial charge is 0.290 e. The summed E-state index contributed by atoms with van der Waals surface area (Å²) in [5.74, 6) is 8.02. The van der Waals surface area contributed by atoms with Crippen LogP contribution in [-0.2, 0) is 0 Å². The molecular formula is C12H24IN3S3Si. The Bertz CT molecular complexity index is 263. The van der Waals surface area contributed by atoms with Crippen molar-refractivity contribution < 1.29 is 0 Å². The van der Waals surface area contributed by atoms with Gasteiger partial charge in [0.05, 0.1) is 0 Å². The van der Waals surface area contributed by atoms with E-state index >= 15 is 0 Å². The van der Waals surface area contributed by atoms with Gasteiger partial charge in [0.15, 0.2) is 0 Å². The van der Waals surface area contributed by atoms with Gasteiger partial charge in [0.1, 0.15) is 0 Å². The molecule has 20 heavy (non-hydrogen) atoms. The highest BCUT2D eigenvalue weighted by atomic mass is 127. The van der Waals surface area contributed by atoms with E-state index in [9.17, 15) is 0 Å². The summed E-state index contributed by atoms with van der Waals surface area (Å²) >= 11 is 9.34. The van der Waals surface area contributed by atoms with Gasteiger partial charge < -0.3 is 0 Å². The first-order valence-electron chi connectivity index (χ1n) is 7.49. The largest absolute Gasteiger partial charge is 0.359 e. The zero-order valence-electron chi connectivity index (χ0n) is 11.9. The van der Waals surface area contributed by atoms with Gasteiger partial charge in [-0.15, -0.1) is 0 Å². The minimum Gasteiger partial charge on any atom is -0.290 e. The molecule has 0 saturated carbocycles. The quantitative estimate of drug-likeness (QED) is 0.359. The summed E-state index contributed by atoms with van der Waals surface area (Å²) in [5.41, 5.74) is 0. The van der Waals surface area contributed by atoms with Gasteiger partial charge in [0.25, 0.3) is 0 Å². The third-order valence-corrected chi connectivity index (χ3v) is 17.0. The first-order valence-corrected chi connectivity index (χ1v) is 15.9. The lowest BCUT2D eigenvalue weighted by Crippen LogP contribution is -2.74. The van der Waals surface area contributed by atoms with Crippen LogP contribution in [0.2, 0.25) is 0 Å². The van der Waals surface area contributed by atoms with Crippen molar-refractivity contribution in [1.29, 1.82) is 0 Å². The fourth-order valence-electron chi connectivity index (χ4n) is 3.14. The highest BCUT2D eigenvalue weighted by molar-refractivity contribution is 14.1. The molecule has 0 spiro atoms. The van der Waals surface area contributed by atoms with Crippen LogP contribution in [0.25, 0.3) is 0 Å². The number of halogens is 1. The van der Waals surface area contributed by atoms with Crippen molar-refractivity contribution in [2.75, 3.05) is 73.8 Å². The molecule has 0 radical (unpaired) electrons. The van der Waals surface area contributed by atoms with E-state index in [4.69, 9.17) is 0 Å². The van der Waals surface area contributed by atoms with Crippen LogP contribution in [0.1, 0.15) is 0 Å². The normalized spacial score (nSPS) is 28.6. The molecule has 0 aromatic rings. The first kappa shape index (κ1) is 16.7. The van der Waals surface area contributed by atoms with Gasteiger partial charge in [-0.25, -0.2) is 0 Å². The second-order valence-electron chi connectivity index (χ2n) is 5.35. The van der Waals surface area contributed by atoms with Gasteiger partial charge in [-0.1, -0.05) is 21.8 Å². The van der Waals surface area contributed by atoms with Gasteiger partial charge in [-0.2, -0.15) is 35.3 Å². The molecule has 3 aliphatic heterocycles. The van der Waals surface area contributed by atoms with E-state index in [1.165, 1.54) is 73.8 Å². The van der Waals surface area contributed by atoms with E-state index in [0.29, 0.717) is 0 Å². The monoisotopic (exact) mass is 461 g/mol. The summed E-state index contributed by atoms with van der Waals surface area (Å²) in [6.07, 6.45) is 0. The average Bonchev–Trinajstić information content (AvgIpc) is 2.56. The number of thioether (sulfide) groups is 3. The topological polar surface area (TPSA) is 9.72 Å². The Morgan fingerprint density at radius 3 is 1.05 bits per heavy atom. The van der Waals surface area contributed by atoms with Crippen LogP contribution in [0.15, 0.2) is 0 Å². The number of hydrogen-bond donors (Lipinski definition) is 0. The number of rotatable bonds is 3. The van der Waals surface area contributed by atoms with Crippen molar-refractivity contribution in [3.05, 3.63) is 0 Å². The molecule has 3 saturated heterocycles. The summed E-state index contributed by atoms with van der Waals surface area (Å²) in [7, 11) is 0. The minimum atomic E-state index is -1.62. The number of hydrogen-bond acceptors (Lipinski definition) is 6. The van der Waals surface area contributed by atoms with Crippen LogP contribution in [0.4, 0.5) is 0 Å². The lowest BCUT2D eigenvalue weighted by atomic mass is 10.6. The molecule has 0 N–H and O–H groups in total. The number of nitrogens with zero attached hydrogens (tertiary/aromatic N) is 3. The van der Waals surface area contributed by atoms with Crippen LogP contribution in [0, 0.1) is 0 Å². The molecular weight excluding hydrogens is 437 g/mol. The van der Waals surface area contributed by atoms with Gasteiger partial charge >= 0.3 is 6.06 Å². The Hall–Kier alpha value is 1.88. The molecule has 8 heteroatoms. The summed E-state index contributed by atoms with van der Waals surface area (Å²) in [4.78, 5) is 0. The molecule has 0 unspecified atom stereocenters. The minimum absolute atomic E-state index is 1.31. The molecule has 3 nitrogen and oxygen atoms in total. The highest BCUT2D eigenvalue weighted by Gasteiger charge is 2.50. The van der Waals surface area contributed by atoms with Gasteiger partial charge in [-0.05, 0) is 0 Å². The third-order valence-electron chi connectivity index (χ3n) is 4.24. The molecule has 3 rings (SSSR count). The fourth-order valence-corrected chi connectivity index (χ4v) is 14.7. The lowest BCUT2D eigenvalue weighted by molar-refractivity contribution is 0.289. The maximum absolute atomic E-state index is 2.92. The predicted octanol–water partition coefficient (Wildman–Crippen LogP) is 2.00.